The van der Waals surface area contributed by atoms with Crippen molar-refractivity contribution < 1.29 is 23.9 Å². The van der Waals surface area contributed by atoms with E-state index in [-0.39, 0.29) is 6.04 Å². The second kappa shape index (κ2) is 14.2. The first-order valence-electron chi connectivity index (χ1n) is 14.7. The van der Waals surface area contributed by atoms with Crippen LogP contribution in [-0.4, -0.2) is 64.5 Å². The third kappa shape index (κ3) is 8.93. The summed E-state index contributed by atoms with van der Waals surface area (Å²) in [5, 5.41) is 3.11. The van der Waals surface area contributed by atoms with Crippen molar-refractivity contribution in [3.8, 4) is 10.6 Å². The number of likely N-dealkylation sites (tertiary alicyclic amines) is 1. The number of ether oxygens (including phenoxy) is 2. The van der Waals surface area contributed by atoms with Gasteiger partial charge in [-0.25, -0.2) is 25.1 Å². The molecule has 1 N–H and O–H groups in total. The van der Waals surface area contributed by atoms with E-state index in [1.807, 2.05) is 45.0 Å². The molecule has 10 nitrogen and oxygen atoms in total. The van der Waals surface area contributed by atoms with E-state index in [0.29, 0.717) is 31.1 Å². The largest absolute Gasteiger partial charge is 0.443 e. The highest BCUT2D eigenvalue weighted by molar-refractivity contribution is 7.13. The van der Waals surface area contributed by atoms with Crippen LogP contribution in [0.15, 0.2) is 60.1 Å². The number of aromatic nitrogens is 2. The molecule has 2 aromatic heterocycles. The summed E-state index contributed by atoms with van der Waals surface area (Å²) in [6.07, 6.45) is 7.35. The fourth-order valence-corrected chi connectivity index (χ4v) is 5.82. The molecule has 3 aromatic rings. The van der Waals surface area contributed by atoms with E-state index in [9.17, 15) is 9.59 Å². The molecule has 0 radical (unpaired) electrons. The summed E-state index contributed by atoms with van der Waals surface area (Å²) < 4.78 is 11.2. The van der Waals surface area contributed by atoms with Crippen molar-refractivity contribution in [1.29, 1.82) is 0 Å². The van der Waals surface area contributed by atoms with Crippen molar-refractivity contribution in [3.05, 3.63) is 71.4 Å². The van der Waals surface area contributed by atoms with Crippen molar-refractivity contribution in [3.63, 3.8) is 0 Å². The maximum absolute atomic E-state index is 13.4. The second-order valence-corrected chi connectivity index (χ2v) is 12.6. The SMILES string of the molecule is CC(C)(C)OC(=O)N(c1ccc(C=CC(=O)NOC2CCCCO2)cn1)[C@@H]1CCN(Cc2csc(-c3ccccc3)n2)C1. The first-order valence-corrected chi connectivity index (χ1v) is 15.6. The van der Waals surface area contributed by atoms with Gasteiger partial charge in [0.05, 0.1) is 11.7 Å². The second-order valence-electron chi connectivity index (χ2n) is 11.7. The standard InChI is InChI=1S/C32H39N5O5S/c1-32(2,3)41-31(39)37(26-16-17-36(21-26)20-25-22-43-30(34-25)24-9-5-4-6-10-24)27-14-12-23(19-33-27)13-15-28(38)35-42-29-11-7-8-18-40-29/h4-6,9-10,12-15,19,22,26,29H,7-8,11,16-18,20-21H2,1-3H3,(H,35,38)/t26-,29?/m1/s1. The monoisotopic (exact) mass is 605 g/mol. The van der Waals surface area contributed by atoms with Crippen LogP contribution in [0.4, 0.5) is 10.6 Å². The van der Waals surface area contributed by atoms with Gasteiger partial charge in [-0.15, -0.1) is 11.3 Å². The molecule has 2 saturated heterocycles. The van der Waals surface area contributed by atoms with Gasteiger partial charge in [-0.3, -0.25) is 14.6 Å². The molecule has 0 bridgehead atoms. The molecule has 4 heterocycles. The summed E-state index contributed by atoms with van der Waals surface area (Å²) in [5.74, 6) is 0.108. The van der Waals surface area contributed by atoms with Crippen LogP contribution in [0.3, 0.4) is 0 Å². The van der Waals surface area contributed by atoms with Crippen LogP contribution < -0.4 is 10.4 Å². The van der Waals surface area contributed by atoms with Crippen LogP contribution in [0.25, 0.3) is 16.6 Å². The summed E-state index contributed by atoms with van der Waals surface area (Å²) in [4.78, 5) is 44.3. The summed E-state index contributed by atoms with van der Waals surface area (Å²) in [7, 11) is 0. The van der Waals surface area contributed by atoms with E-state index in [0.717, 1.165) is 48.5 Å². The lowest BCUT2D eigenvalue weighted by Crippen LogP contribution is -2.45. The molecule has 1 aromatic carbocycles. The van der Waals surface area contributed by atoms with Crippen molar-refractivity contribution in [2.45, 2.75) is 70.9 Å². The van der Waals surface area contributed by atoms with Crippen LogP contribution in [0.2, 0.25) is 0 Å². The molecular formula is C32H39N5O5S. The Morgan fingerprint density at radius 1 is 1.16 bits per heavy atom. The maximum atomic E-state index is 13.4. The molecule has 2 aliphatic heterocycles. The zero-order valence-electron chi connectivity index (χ0n) is 24.9. The van der Waals surface area contributed by atoms with Gasteiger partial charge < -0.3 is 9.47 Å². The van der Waals surface area contributed by atoms with Gasteiger partial charge in [-0.1, -0.05) is 30.3 Å². The van der Waals surface area contributed by atoms with Crippen LogP contribution in [-0.2, 0) is 25.7 Å². The Bertz CT molecular complexity index is 1380. The highest BCUT2D eigenvalue weighted by atomic mass is 32.1. The maximum Gasteiger partial charge on any atom is 0.416 e. The Hall–Kier alpha value is -3.64. The van der Waals surface area contributed by atoms with Crippen LogP contribution in [0.5, 0.6) is 0 Å². The molecule has 2 atom stereocenters. The van der Waals surface area contributed by atoms with Gasteiger partial charge in [-0.2, -0.15) is 0 Å². The van der Waals surface area contributed by atoms with Crippen LogP contribution in [0, 0.1) is 0 Å². The molecule has 0 saturated carbocycles. The first kappa shape index (κ1) is 30.8. The Balaban J connectivity index is 1.22. The summed E-state index contributed by atoms with van der Waals surface area (Å²) in [6.45, 7) is 8.40. The third-order valence-electron chi connectivity index (χ3n) is 7.03. The molecule has 2 fully saturated rings. The number of hydrogen-bond donors (Lipinski definition) is 1. The van der Waals surface area contributed by atoms with E-state index in [2.05, 4.69) is 32.9 Å². The van der Waals surface area contributed by atoms with E-state index in [1.165, 1.54) is 6.08 Å². The number of benzene rings is 1. The number of hydrogen-bond acceptors (Lipinski definition) is 9. The molecule has 228 valence electrons. The predicted octanol–water partition coefficient (Wildman–Crippen LogP) is 5.81. The first-order chi connectivity index (χ1) is 20.7. The Morgan fingerprint density at radius 2 is 2.00 bits per heavy atom. The number of nitrogens with one attached hydrogen (secondary N) is 1. The van der Waals surface area contributed by atoms with Crippen LogP contribution >= 0.6 is 11.3 Å². The summed E-state index contributed by atoms with van der Waals surface area (Å²) >= 11 is 1.64. The fraction of sp³-hybridized carbons (Fsp3) is 0.438. The fourth-order valence-electron chi connectivity index (χ4n) is 5.00. The van der Waals surface area contributed by atoms with Crippen molar-refractivity contribution in [2.75, 3.05) is 24.6 Å². The van der Waals surface area contributed by atoms with Gasteiger partial charge in [0.25, 0.3) is 5.91 Å². The van der Waals surface area contributed by atoms with E-state index < -0.39 is 23.9 Å². The molecule has 11 heteroatoms. The number of carbonyl (C=O) groups excluding carboxylic acids is 2. The summed E-state index contributed by atoms with van der Waals surface area (Å²) in [6, 6.07) is 13.7. The Kier molecular flexibility index (Phi) is 10.2. The minimum absolute atomic E-state index is 0.110. The number of carbonyl (C=O) groups is 2. The molecule has 43 heavy (non-hydrogen) atoms. The van der Waals surface area contributed by atoms with Crippen molar-refractivity contribution in [1.82, 2.24) is 20.3 Å². The zero-order valence-corrected chi connectivity index (χ0v) is 25.7. The van der Waals surface area contributed by atoms with Gasteiger partial charge in [-0.05, 0) is 63.8 Å². The quantitative estimate of drug-likeness (QED) is 0.241. The van der Waals surface area contributed by atoms with Crippen LogP contribution in [0.1, 0.15) is 57.7 Å². The average molecular weight is 606 g/mol. The molecule has 2 amide bonds. The van der Waals surface area contributed by atoms with E-state index >= 15 is 0 Å². The van der Waals surface area contributed by atoms with Gasteiger partial charge in [0.2, 0.25) is 0 Å². The minimum atomic E-state index is -0.650. The minimum Gasteiger partial charge on any atom is -0.443 e. The number of amides is 2. The lowest BCUT2D eigenvalue weighted by molar-refractivity contribution is -0.198. The predicted molar refractivity (Wildman–Crippen MR) is 166 cm³/mol. The number of anilines is 1. The van der Waals surface area contributed by atoms with Crippen molar-refractivity contribution in [2.24, 2.45) is 0 Å². The van der Waals surface area contributed by atoms with Gasteiger partial charge in [0.1, 0.15) is 16.4 Å². The molecule has 0 aliphatic carbocycles. The summed E-state index contributed by atoms with van der Waals surface area (Å²) in [5.41, 5.74) is 4.60. The molecule has 1 unspecified atom stereocenters. The smallest absolute Gasteiger partial charge is 0.416 e. The third-order valence-corrected chi connectivity index (χ3v) is 7.97. The van der Waals surface area contributed by atoms with E-state index in [4.69, 9.17) is 19.3 Å². The molecular weight excluding hydrogens is 566 g/mol. The van der Waals surface area contributed by atoms with E-state index in [1.54, 1.807) is 34.6 Å². The Labute approximate surface area is 256 Å². The normalized spacial score (nSPS) is 19.4. The number of rotatable bonds is 9. The lowest BCUT2D eigenvalue weighted by Gasteiger charge is -2.31. The molecule has 0 spiro atoms. The average Bonchev–Trinajstić information content (AvgIpc) is 3.66. The van der Waals surface area contributed by atoms with Gasteiger partial charge in [0, 0.05) is 55.9 Å². The molecule has 5 rings (SSSR count). The number of hydroxylamine groups is 1. The van der Waals surface area contributed by atoms with Gasteiger partial charge >= 0.3 is 6.09 Å². The zero-order chi connectivity index (χ0) is 30.2. The Morgan fingerprint density at radius 3 is 2.72 bits per heavy atom. The highest BCUT2D eigenvalue weighted by Crippen LogP contribution is 2.28. The lowest BCUT2D eigenvalue weighted by atomic mass is 10.2. The number of thiazole rings is 1. The number of nitrogens with zero attached hydrogens (tertiary/aromatic N) is 4. The van der Waals surface area contributed by atoms with Gasteiger partial charge in [0.15, 0.2) is 6.29 Å². The highest BCUT2D eigenvalue weighted by Gasteiger charge is 2.35. The topological polar surface area (TPSA) is 106 Å². The molecule has 2 aliphatic rings. The number of pyridine rings is 1. The van der Waals surface area contributed by atoms with Crippen molar-refractivity contribution >= 4 is 35.2 Å².